The summed E-state index contributed by atoms with van der Waals surface area (Å²) < 4.78 is 15.3. The summed E-state index contributed by atoms with van der Waals surface area (Å²) in [6, 6.07) is 9.49. The van der Waals surface area contributed by atoms with E-state index in [1.54, 1.807) is 28.8 Å². The second kappa shape index (κ2) is 4.10. The molecule has 0 radical (unpaired) electrons. The summed E-state index contributed by atoms with van der Waals surface area (Å²) in [5, 5.41) is 6.86. The van der Waals surface area contributed by atoms with Crippen molar-refractivity contribution in [3.8, 4) is 0 Å². The first kappa shape index (κ1) is 10.7. The van der Waals surface area contributed by atoms with Gasteiger partial charge in [0.25, 0.3) is 0 Å². The molecule has 4 nitrogen and oxygen atoms in total. The Bertz CT molecular complexity index is 760. The first-order chi connectivity index (χ1) is 8.74. The van der Waals surface area contributed by atoms with Crippen LogP contribution in [0, 0.1) is 5.82 Å². The minimum Gasteiger partial charge on any atom is -0.290 e. The number of hydrogen-bond donors (Lipinski definition) is 1. The van der Waals surface area contributed by atoms with Crippen LogP contribution in [0.15, 0.2) is 47.4 Å². The molecule has 0 fully saturated rings. The van der Waals surface area contributed by atoms with Crippen LogP contribution in [0.25, 0.3) is 5.65 Å². The molecule has 0 spiro atoms. The van der Waals surface area contributed by atoms with Crippen molar-refractivity contribution in [3.05, 3.63) is 70.0 Å². The Balaban J connectivity index is 2.06. The van der Waals surface area contributed by atoms with Crippen LogP contribution in [-0.4, -0.2) is 14.6 Å². The normalized spacial score (nSPS) is 10.9. The number of halogens is 1. The van der Waals surface area contributed by atoms with Crippen molar-refractivity contribution in [1.29, 1.82) is 0 Å². The first-order valence-electron chi connectivity index (χ1n) is 5.53. The number of nitrogens with zero attached hydrogens (tertiary/aromatic N) is 2. The van der Waals surface area contributed by atoms with Crippen molar-refractivity contribution in [2.75, 3.05) is 0 Å². The van der Waals surface area contributed by atoms with Gasteiger partial charge in [-0.05, 0) is 11.6 Å². The number of nitrogens with one attached hydrogen (secondary N) is 1. The molecule has 1 aromatic carbocycles. The van der Waals surface area contributed by atoms with Crippen LogP contribution in [-0.2, 0) is 6.42 Å². The van der Waals surface area contributed by atoms with E-state index in [1.165, 1.54) is 18.2 Å². The van der Waals surface area contributed by atoms with Gasteiger partial charge in [-0.25, -0.2) is 4.39 Å². The number of rotatable bonds is 2. The van der Waals surface area contributed by atoms with Gasteiger partial charge in [-0.15, -0.1) is 0 Å². The molecule has 0 aliphatic heterocycles. The average molecular weight is 243 g/mol. The lowest BCUT2D eigenvalue weighted by Crippen LogP contribution is -2.02. The lowest BCUT2D eigenvalue weighted by atomic mass is 10.1. The fourth-order valence-electron chi connectivity index (χ4n) is 1.90. The largest absolute Gasteiger partial charge is 0.290 e. The Morgan fingerprint density at radius 3 is 2.94 bits per heavy atom. The summed E-state index contributed by atoms with van der Waals surface area (Å²) in [7, 11) is 0. The molecule has 90 valence electrons. The topological polar surface area (TPSA) is 50.2 Å². The Morgan fingerprint density at radius 1 is 1.28 bits per heavy atom. The molecule has 0 saturated heterocycles. The molecule has 2 heterocycles. The number of benzene rings is 1. The van der Waals surface area contributed by atoms with Gasteiger partial charge in [0.05, 0.1) is 0 Å². The minimum atomic E-state index is -0.255. The molecule has 18 heavy (non-hydrogen) atoms. The highest BCUT2D eigenvalue weighted by molar-refractivity contribution is 5.38. The lowest BCUT2D eigenvalue weighted by Gasteiger charge is -2.01. The van der Waals surface area contributed by atoms with Crippen LogP contribution in [0.1, 0.15) is 11.4 Å². The second-order valence-electron chi connectivity index (χ2n) is 4.03. The Hall–Kier alpha value is -2.43. The van der Waals surface area contributed by atoms with Crippen molar-refractivity contribution in [1.82, 2.24) is 14.6 Å². The predicted molar refractivity (Wildman–Crippen MR) is 65.0 cm³/mol. The van der Waals surface area contributed by atoms with Gasteiger partial charge in [0.1, 0.15) is 17.3 Å². The highest BCUT2D eigenvalue weighted by Gasteiger charge is 2.08. The predicted octanol–water partition coefficient (Wildman–Crippen LogP) is 1.75. The van der Waals surface area contributed by atoms with Gasteiger partial charge in [-0.3, -0.25) is 14.3 Å². The molecule has 3 rings (SSSR count). The van der Waals surface area contributed by atoms with Crippen LogP contribution in [0.2, 0.25) is 0 Å². The standard InChI is InChI=1S/C13H10FN3O/c14-11-4-2-1-3-9(11)7-12-15-16-13-8-10(18)5-6-17(12)13/h1-6,8,16H,7H2. The van der Waals surface area contributed by atoms with Gasteiger partial charge >= 0.3 is 0 Å². The highest BCUT2D eigenvalue weighted by Crippen LogP contribution is 2.12. The Kier molecular flexibility index (Phi) is 2.44. The van der Waals surface area contributed by atoms with Crippen molar-refractivity contribution < 1.29 is 4.39 Å². The lowest BCUT2D eigenvalue weighted by molar-refractivity contribution is 0.611. The molecule has 0 aliphatic rings. The van der Waals surface area contributed by atoms with Gasteiger partial charge in [0.2, 0.25) is 0 Å². The van der Waals surface area contributed by atoms with Crippen LogP contribution >= 0.6 is 0 Å². The zero-order chi connectivity index (χ0) is 12.5. The Morgan fingerprint density at radius 2 is 2.11 bits per heavy atom. The molecule has 2 aromatic heterocycles. The molecular formula is C13H10FN3O. The minimum absolute atomic E-state index is 0.0870. The maximum absolute atomic E-state index is 13.5. The number of hydrogen-bond acceptors (Lipinski definition) is 2. The molecule has 0 unspecified atom stereocenters. The molecule has 1 N–H and O–H groups in total. The molecule has 0 saturated carbocycles. The van der Waals surface area contributed by atoms with E-state index in [2.05, 4.69) is 10.2 Å². The average Bonchev–Trinajstić information content (AvgIpc) is 2.74. The van der Waals surface area contributed by atoms with Gasteiger partial charge in [-0.1, -0.05) is 18.2 Å². The van der Waals surface area contributed by atoms with Crippen LogP contribution in [0.3, 0.4) is 0 Å². The quantitative estimate of drug-likeness (QED) is 0.745. The molecule has 5 heteroatoms. The summed E-state index contributed by atoms with van der Waals surface area (Å²) in [5.74, 6) is 0.407. The second-order valence-corrected chi connectivity index (χ2v) is 4.03. The van der Waals surface area contributed by atoms with Crippen molar-refractivity contribution in [3.63, 3.8) is 0 Å². The van der Waals surface area contributed by atoms with E-state index < -0.39 is 0 Å². The smallest absolute Gasteiger partial charge is 0.183 e. The third kappa shape index (κ3) is 1.79. The van der Waals surface area contributed by atoms with E-state index >= 15 is 0 Å². The monoisotopic (exact) mass is 243 g/mol. The summed E-state index contributed by atoms with van der Waals surface area (Å²) >= 11 is 0. The van der Waals surface area contributed by atoms with Gasteiger partial charge in [0, 0.05) is 24.8 Å². The molecule has 0 aliphatic carbocycles. The van der Waals surface area contributed by atoms with Gasteiger partial charge in [0.15, 0.2) is 5.43 Å². The number of fused-ring (bicyclic) bond motifs is 1. The zero-order valence-electron chi connectivity index (χ0n) is 9.43. The van der Waals surface area contributed by atoms with Crippen molar-refractivity contribution in [2.45, 2.75) is 6.42 Å². The van der Waals surface area contributed by atoms with Crippen molar-refractivity contribution >= 4 is 5.65 Å². The number of aromatic nitrogens is 3. The van der Waals surface area contributed by atoms with E-state index in [0.29, 0.717) is 23.5 Å². The van der Waals surface area contributed by atoms with E-state index in [0.717, 1.165) is 0 Å². The summed E-state index contributed by atoms with van der Waals surface area (Å²) in [6.45, 7) is 0. The van der Waals surface area contributed by atoms with Crippen LogP contribution in [0.4, 0.5) is 4.39 Å². The zero-order valence-corrected chi connectivity index (χ0v) is 9.43. The number of H-pyrrole nitrogens is 1. The SMILES string of the molecule is O=c1ccn2c(Cc3ccccc3F)n[nH]c2c1. The third-order valence-corrected chi connectivity index (χ3v) is 2.81. The molecular weight excluding hydrogens is 233 g/mol. The van der Waals surface area contributed by atoms with Crippen LogP contribution in [0.5, 0.6) is 0 Å². The van der Waals surface area contributed by atoms with Crippen LogP contribution < -0.4 is 5.43 Å². The maximum atomic E-state index is 13.5. The van der Waals surface area contributed by atoms with Crippen molar-refractivity contribution in [2.24, 2.45) is 0 Å². The summed E-state index contributed by atoms with van der Waals surface area (Å²) in [5.41, 5.74) is 1.09. The van der Waals surface area contributed by atoms with E-state index in [-0.39, 0.29) is 11.2 Å². The number of pyridine rings is 1. The fraction of sp³-hybridized carbons (Fsp3) is 0.0769. The molecule has 0 atom stereocenters. The molecule has 0 amide bonds. The molecule has 3 aromatic rings. The summed E-state index contributed by atoms with van der Waals surface area (Å²) in [6.07, 6.45) is 2.01. The third-order valence-electron chi connectivity index (χ3n) is 2.81. The molecule has 0 bridgehead atoms. The van der Waals surface area contributed by atoms with Gasteiger partial charge in [-0.2, -0.15) is 5.10 Å². The van der Waals surface area contributed by atoms with E-state index in [1.807, 2.05) is 0 Å². The van der Waals surface area contributed by atoms with Gasteiger partial charge < -0.3 is 0 Å². The first-order valence-corrected chi connectivity index (χ1v) is 5.53. The number of aromatic amines is 1. The van der Waals surface area contributed by atoms with E-state index in [9.17, 15) is 9.18 Å². The Labute approximate surface area is 102 Å². The maximum Gasteiger partial charge on any atom is 0.183 e. The highest BCUT2D eigenvalue weighted by atomic mass is 19.1. The van der Waals surface area contributed by atoms with E-state index in [4.69, 9.17) is 0 Å². The fourth-order valence-corrected chi connectivity index (χ4v) is 1.90. The summed E-state index contributed by atoms with van der Waals surface area (Å²) in [4.78, 5) is 11.2.